The minimum Gasteiger partial charge on any atom is -0.489 e. The number of piperidine rings is 1. The Morgan fingerprint density at radius 3 is 2.30 bits per heavy atom. The van der Waals surface area contributed by atoms with Crippen LogP contribution in [0.15, 0.2) is 42.6 Å². The molecule has 3 aromatic rings. The maximum atomic E-state index is 13.3. The molecule has 0 amide bonds. The first-order valence-electron chi connectivity index (χ1n) is 13.2. The SMILES string of the molecule is COC(=O)c1ccc([C@@H]2CN(CC(F)(F)F)CC[C@H]2Oc2c(C)cc(C)c3c2ccn3C(=O)OC(C)(C)C)cc1. The molecule has 0 spiro atoms. The average molecular weight is 561 g/mol. The van der Waals surface area contributed by atoms with Crippen LogP contribution in [-0.4, -0.2) is 66.2 Å². The number of likely N-dealkylation sites (tertiary alicyclic amines) is 1. The number of esters is 1. The Morgan fingerprint density at radius 1 is 1.02 bits per heavy atom. The van der Waals surface area contributed by atoms with Gasteiger partial charge in [-0.15, -0.1) is 0 Å². The first-order valence-corrected chi connectivity index (χ1v) is 13.2. The molecule has 1 aliphatic rings. The van der Waals surface area contributed by atoms with Crippen LogP contribution in [0.25, 0.3) is 10.9 Å². The van der Waals surface area contributed by atoms with E-state index in [4.69, 9.17) is 14.2 Å². The molecule has 0 bridgehead atoms. The van der Waals surface area contributed by atoms with E-state index in [0.717, 1.165) is 22.1 Å². The number of alkyl halides is 3. The molecule has 2 aromatic carbocycles. The van der Waals surface area contributed by atoms with E-state index in [2.05, 4.69) is 0 Å². The van der Waals surface area contributed by atoms with Crippen LogP contribution in [0, 0.1) is 13.8 Å². The molecular weight excluding hydrogens is 525 g/mol. The van der Waals surface area contributed by atoms with Gasteiger partial charge >= 0.3 is 18.2 Å². The van der Waals surface area contributed by atoms with Crippen LogP contribution >= 0.6 is 0 Å². The van der Waals surface area contributed by atoms with Crippen molar-refractivity contribution in [2.75, 3.05) is 26.7 Å². The molecule has 10 heteroatoms. The first kappa shape index (κ1) is 29.5. The highest BCUT2D eigenvalue weighted by atomic mass is 19.4. The van der Waals surface area contributed by atoms with Crippen molar-refractivity contribution >= 4 is 23.0 Å². The number of aromatic nitrogens is 1. The molecule has 0 saturated carbocycles. The quantitative estimate of drug-likeness (QED) is 0.327. The number of nitrogens with zero attached hydrogens (tertiary/aromatic N) is 2. The number of fused-ring (bicyclic) bond motifs is 1. The fourth-order valence-corrected chi connectivity index (χ4v) is 5.30. The zero-order valence-electron chi connectivity index (χ0n) is 23.6. The third-order valence-corrected chi connectivity index (χ3v) is 6.95. The van der Waals surface area contributed by atoms with Gasteiger partial charge in [-0.3, -0.25) is 9.47 Å². The molecule has 4 rings (SSSR count). The van der Waals surface area contributed by atoms with Crippen molar-refractivity contribution in [3.05, 3.63) is 64.8 Å². The van der Waals surface area contributed by atoms with Crippen LogP contribution in [0.5, 0.6) is 5.75 Å². The summed E-state index contributed by atoms with van der Waals surface area (Å²) in [4.78, 5) is 26.2. The van der Waals surface area contributed by atoms with Gasteiger partial charge in [-0.05, 0) is 75.9 Å². The van der Waals surface area contributed by atoms with E-state index in [1.165, 1.54) is 16.6 Å². The Morgan fingerprint density at radius 2 is 1.70 bits per heavy atom. The largest absolute Gasteiger partial charge is 0.489 e. The van der Waals surface area contributed by atoms with Gasteiger partial charge in [0, 0.05) is 30.6 Å². The van der Waals surface area contributed by atoms with Gasteiger partial charge in [-0.2, -0.15) is 13.2 Å². The fraction of sp³-hybridized carbons (Fsp3) is 0.467. The van der Waals surface area contributed by atoms with Crippen LogP contribution in [-0.2, 0) is 9.47 Å². The van der Waals surface area contributed by atoms with E-state index in [1.54, 1.807) is 57.3 Å². The summed E-state index contributed by atoms with van der Waals surface area (Å²) in [6, 6.07) is 10.4. The molecule has 0 radical (unpaired) electrons. The van der Waals surface area contributed by atoms with Crippen LogP contribution in [0.4, 0.5) is 18.0 Å². The van der Waals surface area contributed by atoms with E-state index in [9.17, 15) is 22.8 Å². The molecule has 0 unspecified atom stereocenters. The maximum absolute atomic E-state index is 13.3. The standard InChI is InChI=1S/C30H35F3N2O5/c1-18-15-19(2)26(22-11-14-35(25(18)22)28(37)40-29(3,4)5)39-24-12-13-34(17-30(31,32)33)16-23(24)20-7-9-21(10-8-20)27(36)38-6/h7-11,14-15,23-24H,12-13,16-17H2,1-6H3/t23-,24+/m0/s1. The summed E-state index contributed by atoms with van der Waals surface area (Å²) in [7, 11) is 1.29. The lowest BCUT2D eigenvalue weighted by Gasteiger charge is -2.39. The lowest BCUT2D eigenvalue weighted by atomic mass is 9.87. The molecule has 40 heavy (non-hydrogen) atoms. The molecule has 1 aliphatic heterocycles. The van der Waals surface area contributed by atoms with Gasteiger partial charge in [-0.25, -0.2) is 9.59 Å². The number of methoxy groups -OCH3 is 1. The van der Waals surface area contributed by atoms with Crippen LogP contribution < -0.4 is 4.74 Å². The number of carbonyl (C=O) groups is 2. The van der Waals surface area contributed by atoms with Gasteiger partial charge in [0.15, 0.2) is 0 Å². The summed E-state index contributed by atoms with van der Waals surface area (Å²) >= 11 is 0. The fourth-order valence-electron chi connectivity index (χ4n) is 5.30. The van der Waals surface area contributed by atoms with Gasteiger partial charge in [0.25, 0.3) is 0 Å². The molecule has 7 nitrogen and oxygen atoms in total. The molecule has 0 aliphatic carbocycles. The lowest BCUT2D eigenvalue weighted by molar-refractivity contribution is -0.150. The average Bonchev–Trinajstić information content (AvgIpc) is 3.31. The number of ether oxygens (including phenoxy) is 3. The van der Waals surface area contributed by atoms with Crippen molar-refractivity contribution in [3.63, 3.8) is 0 Å². The molecular formula is C30H35F3N2O5. The van der Waals surface area contributed by atoms with Crippen LogP contribution in [0.2, 0.25) is 0 Å². The number of benzene rings is 2. The normalized spacial score (nSPS) is 18.5. The molecule has 0 N–H and O–H groups in total. The van der Waals surface area contributed by atoms with Crippen LogP contribution in [0.3, 0.4) is 0 Å². The van der Waals surface area contributed by atoms with Gasteiger partial charge in [-0.1, -0.05) is 18.2 Å². The van der Waals surface area contributed by atoms with Crippen molar-refractivity contribution < 1.29 is 37.0 Å². The zero-order chi connectivity index (χ0) is 29.4. The van der Waals surface area contributed by atoms with Gasteiger partial charge < -0.3 is 14.2 Å². The van der Waals surface area contributed by atoms with Crippen molar-refractivity contribution in [1.29, 1.82) is 0 Å². The molecule has 1 saturated heterocycles. The van der Waals surface area contributed by atoms with Crippen molar-refractivity contribution in [1.82, 2.24) is 9.47 Å². The Balaban J connectivity index is 1.70. The highest BCUT2D eigenvalue weighted by molar-refractivity contribution is 5.96. The van der Waals surface area contributed by atoms with E-state index in [-0.39, 0.29) is 13.1 Å². The molecule has 2 heterocycles. The number of carbonyl (C=O) groups excluding carboxylic acids is 2. The minimum atomic E-state index is -4.32. The Hall–Kier alpha value is -3.53. The maximum Gasteiger partial charge on any atom is 0.419 e. The number of hydrogen-bond acceptors (Lipinski definition) is 6. The predicted octanol–water partition coefficient (Wildman–Crippen LogP) is 6.63. The Bertz CT molecular complexity index is 1390. The van der Waals surface area contributed by atoms with Crippen molar-refractivity contribution in [2.45, 2.75) is 64.8 Å². The monoisotopic (exact) mass is 560 g/mol. The highest BCUT2D eigenvalue weighted by Crippen LogP contribution is 2.38. The lowest BCUT2D eigenvalue weighted by Crippen LogP contribution is -2.47. The Labute approximate surface area is 231 Å². The summed E-state index contributed by atoms with van der Waals surface area (Å²) in [5, 5.41) is 0.723. The number of rotatable bonds is 5. The second-order valence-corrected chi connectivity index (χ2v) is 11.3. The smallest absolute Gasteiger partial charge is 0.419 e. The van der Waals surface area contributed by atoms with Gasteiger partial charge in [0.1, 0.15) is 17.5 Å². The summed E-state index contributed by atoms with van der Waals surface area (Å²) in [5.74, 6) is -0.311. The second kappa shape index (κ2) is 11.2. The van der Waals surface area contributed by atoms with E-state index in [1.807, 2.05) is 19.9 Å². The van der Waals surface area contributed by atoms with Crippen LogP contribution in [0.1, 0.15) is 60.2 Å². The van der Waals surface area contributed by atoms with Crippen molar-refractivity contribution in [3.8, 4) is 5.75 Å². The predicted molar refractivity (Wildman–Crippen MR) is 145 cm³/mol. The topological polar surface area (TPSA) is 70.0 Å². The summed E-state index contributed by atoms with van der Waals surface area (Å²) < 4.78 is 58.2. The first-order chi connectivity index (χ1) is 18.7. The van der Waals surface area contributed by atoms with E-state index >= 15 is 0 Å². The zero-order valence-corrected chi connectivity index (χ0v) is 23.6. The Kier molecular flexibility index (Phi) is 8.21. The second-order valence-electron chi connectivity index (χ2n) is 11.3. The number of halogens is 3. The number of hydrogen-bond donors (Lipinski definition) is 0. The molecule has 2 atom stereocenters. The van der Waals surface area contributed by atoms with Gasteiger partial charge in [0.05, 0.1) is 24.7 Å². The number of aryl methyl sites for hydroxylation is 2. The third-order valence-electron chi connectivity index (χ3n) is 6.95. The summed E-state index contributed by atoms with van der Waals surface area (Å²) in [6.45, 7) is 8.54. The highest BCUT2D eigenvalue weighted by Gasteiger charge is 2.38. The van der Waals surface area contributed by atoms with E-state index < -0.39 is 42.4 Å². The third kappa shape index (κ3) is 6.60. The molecule has 1 aromatic heterocycles. The summed E-state index contributed by atoms with van der Waals surface area (Å²) in [5.41, 5.74) is 2.81. The molecule has 1 fully saturated rings. The summed E-state index contributed by atoms with van der Waals surface area (Å²) in [6.07, 6.45) is -3.27. The van der Waals surface area contributed by atoms with E-state index in [0.29, 0.717) is 23.3 Å². The van der Waals surface area contributed by atoms with Crippen molar-refractivity contribution in [2.24, 2.45) is 0 Å². The molecule has 216 valence electrons. The minimum absolute atomic E-state index is 0.134. The van der Waals surface area contributed by atoms with Gasteiger partial charge in [0.2, 0.25) is 0 Å².